The molecule has 88 valence electrons. The number of hydrogen-bond acceptors (Lipinski definition) is 2. The molecule has 1 aliphatic heterocycles. The zero-order valence-corrected chi connectivity index (χ0v) is 10.2. The molecule has 0 amide bonds. The highest BCUT2D eigenvalue weighted by Gasteiger charge is 2.24. The van der Waals surface area contributed by atoms with Crippen LogP contribution in [0, 0.1) is 12.8 Å². The molecule has 0 aromatic heterocycles. The van der Waals surface area contributed by atoms with Gasteiger partial charge in [0, 0.05) is 18.6 Å². The Morgan fingerprint density at radius 1 is 1.38 bits per heavy atom. The quantitative estimate of drug-likeness (QED) is 0.844. The van der Waals surface area contributed by atoms with Gasteiger partial charge in [0.1, 0.15) is 0 Å². The third-order valence-corrected chi connectivity index (χ3v) is 3.50. The van der Waals surface area contributed by atoms with Crippen molar-refractivity contribution < 1.29 is 4.74 Å². The van der Waals surface area contributed by atoms with Gasteiger partial charge in [0.05, 0.1) is 6.61 Å². The van der Waals surface area contributed by atoms with E-state index in [-0.39, 0.29) is 0 Å². The monoisotopic (exact) mass is 219 g/mol. The summed E-state index contributed by atoms with van der Waals surface area (Å²) in [7, 11) is 2.05. The molecule has 16 heavy (non-hydrogen) atoms. The molecule has 2 atom stereocenters. The Morgan fingerprint density at radius 3 is 2.81 bits per heavy atom. The Bertz CT molecular complexity index is 331. The van der Waals surface area contributed by atoms with Crippen LogP contribution >= 0.6 is 0 Å². The van der Waals surface area contributed by atoms with E-state index in [1.807, 2.05) is 7.05 Å². The molecule has 1 fully saturated rings. The summed E-state index contributed by atoms with van der Waals surface area (Å²) in [6.07, 6.45) is 2.45. The Labute approximate surface area is 98.0 Å². The van der Waals surface area contributed by atoms with Crippen LogP contribution in [-0.4, -0.2) is 20.3 Å². The minimum Gasteiger partial charge on any atom is -0.381 e. The summed E-state index contributed by atoms with van der Waals surface area (Å²) in [6, 6.07) is 9.06. The van der Waals surface area contributed by atoms with Gasteiger partial charge >= 0.3 is 0 Å². The van der Waals surface area contributed by atoms with Crippen molar-refractivity contribution in [1.29, 1.82) is 0 Å². The van der Waals surface area contributed by atoms with E-state index in [0.29, 0.717) is 12.0 Å². The van der Waals surface area contributed by atoms with Gasteiger partial charge in [-0.15, -0.1) is 0 Å². The standard InChI is InChI=1S/C14H21NO/c1-11-6-3-4-8-13(11)14(15-2)12-7-5-9-16-10-12/h3-4,6,8,12,14-15H,5,7,9-10H2,1-2H3. The summed E-state index contributed by atoms with van der Waals surface area (Å²) in [4.78, 5) is 0. The number of aryl methyl sites for hydroxylation is 1. The topological polar surface area (TPSA) is 21.3 Å². The summed E-state index contributed by atoms with van der Waals surface area (Å²) in [5, 5.41) is 3.45. The number of nitrogens with one attached hydrogen (secondary N) is 1. The molecule has 1 saturated heterocycles. The smallest absolute Gasteiger partial charge is 0.0512 e. The van der Waals surface area contributed by atoms with Crippen molar-refractivity contribution in [2.45, 2.75) is 25.8 Å². The lowest BCUT2D eigenvalue weighted by atomic mass is 9.87. The van der Waals surface area contributed by atoms with Gasteiger partial charge in [-0.2, -0.15) is 0 Å². The molecule has 0 saturated carbocycles. The average molecular weight is 219 g/mol. The molecule has 0 bridgehead atoms. The van der Waals surface area contributed by atoms with Gasteiger partial charge in [0.2, 0.25) is 0 Å². The second kappa shape index (κ2) is 5.46. The van der Waals surface area contributed by atoms with Crippen LogP contribution in [0.25, 0.3) is 0 Å². The zero-order chi connectivity index (χ0) is 11.4. The van der Waals surface area contributed by atoms with Crippen LogP contribution in [-0.2, 0) is 4.74 Å². The van der Waals surface area contributed by atoms with Crippen molar-refractivity contribution in [2.75, 3.05) is 20.3 Å². The highest BCUT2D eigenvalue weighted by molar-refractivity contribution is 5.29. The first-order valence-electron chi connectivity index (χ1n) is 6.13. The van der Waals surface area contributed by atoms with Gasteiger partial charge in [-0.05, 0) is 37.9 Å². The van der Waals surface area contributed by atoms with Gasteiger partial charge in [-0.1, -0.05) is 24.3 Å². The average Bonchev–Trinajstić information content (AvgIpc) is 2.34. The van der Waals surface area contributed by atoms with Gasteiger partial charge in [-0.3, -0.25) is 0 Å². The van der Waals surface area contributed by atoms with E-state index in [9.17, 15) is 0 Å². The highest BCUT2D eigenvalue weighted by atomic mass is 16.5. The predicted octanol–water partition coefficient (Wildman–Crippen LogP) is 2.68. The van der Waals surface area contributed by atoms with Gasteiger partial charge < -0.3 is 10.1 Å². The molecular weight excluding hydrogens is 198 g/mol. The molecule has 2 nitrogen and oxygen atoms in total. The van der Waals surface area contributed by atoms with Crippen molar-refractivity contribution >= 4 is 0 Å². The van der Waals surface area contributed by atoms with E-state index in [2.05, 4.69) is 36.5 Å². The predicted molar refractivity (Wildman–Crippen MR) is 66.5 cm³/mol. The third kappa shape index (κ3) is 2.45. The van der Waals surface area contributed by atoms with Crippen molar-refractivity contribution in [3.05, 3.63) is 35.4 Å². The Balaban J connectivity index is 2.18. The number of ether oxygens (including phenoxy) is 1. The first-order valence-corrected chi connectivity index (χ1v) is 6.13. The normalized spacial score (nSPS) is 23.0. The summed E-state index contributed by atoms with van der Waals surface area (Å²) >= 11 is 0. The molecular formula is C14H21NO. The first kappa shape index (κ1) is 11.6. The maximum atomic E-state index is 5.59. The minimum absolute atomic E-state index is 0.432. The van der Waals surface area contributed by atoms with E-state index in [1.54, 1.807) is 0 Å². The number of benzene rings is 1. The van der Waals surface area contributed by atoms with Crippen molar-refractivity contribution in [3.8, 4) is 0 Å². The fourth-order valence-electron chi connectivity index (χ4n) is 2.61. The summed E-state index contributed by atoms with van der Waals surface area (Å²) in [5.74, 6) is 0.611. The van der Waals surface area contributed by atoms with E-state index in [4.69, 9.17) is 4.74 Å². The number of hydrogen-bond donors (Lipinski definition) is 1. The van der Waals surface area contributed by atoms with E-state index >= 15 is 0 Å². The highest BCUT2D eigenvalue weighted by Crippen LogP contribution is 2.30. The molecule has 0 aliphatic carbocycles. The Morgan fingerprint density at radius 2 is 2.19 bits per heavy atom. The molecule has 1 aromatic carbocycles. The SMILES string of the molecule is CNC(c1ccccc1C)C1CCCOC1. The molecule has 2 rings (SSSR count). The van der Waals surface area contributed by atoms with Crippen LogP contribution in [0.3, 0.4) is 0 Å². The third-order valence-electron chi connectivity index (χ3n) is 3.50. The maximum Gasteiger partial charge on any atom is 0.0512 e. The first-order chi connectivity index (χ1) is 7.83. The summed E-state index contributed by atoms with van der Waals surface area (Å²) in [6.45, 7) is 4.00. The van der Waals surface area contributed by atoms with E-state index in [0.717, 1.165) is 13.2 Å². The fourth-order valence-corrected chi connectivity index (χ4v) is 2.61. The molecule has 0 radical (unpaired) electrons. The summed E-state index contributed by atoms with van der Waals surface area (Å²) < 4.78 is 5.59. The van der Waals surface area contributed by atoms with Crippen LogP contribution in [0.4, 0.5) is 0 Å². The molecule has 1 heterocycles. The van der Waals surface area contributed by atoms with Crippen LogP contribution in [0.5, 0.6) is 0 Å². The van der Waals surface area contributed by atoms with Crippen LogP contribution in [0.15, 0.2) is 24.3 Å². The fraction of sp³-hybridized carbons (Fsp3) is 0.571. The molecule has 1 aromatic rings. The Kier molecular flexibility index (Phi) is 3.97. The van der Waals surface area contributed by atoms with Crippen molar-refractivity contribution in [1.82, 2.24) is 5.32 Å². The maximum absolute atomic E-state index is 5.59. The van der Waals surface area contributed by atoms with Crippen LogP contribution in [0.1, 0.15) is 30.0 Å². The van der Waals surface area contributed by atoms with Gasteiger partial charge in [0.15, 0.2) is 0 Å². The van der Waals surface area contributed by atoms with E-state index < -0.39 is 0 Å². The van der Waals surface area contributed by atoms with E-state index in [1.165, 1.54) is 24.0 Å². The molecule has 2 unspecified atom stereocenters. The second-order valence-electron chi connectivity index (χ2n) is 4.60. The minimum atomic E-state index is 0.432. The van der Waals surface area contributed by atoms with Gasteiger partial charge in [0.25, 0.3) is 0 Å². The Hall–Kier alpha value is -0.860. The van der Waals surface area contributed by atoms with Crippen LogP contribution < -0.4 is 5.32 Å². The van der Waals surface area contributed by atoms with Crippen molar-refractivity contribution in [2.24, 2.45) is 5.92 Å². The lowest BCUT2D eigenvalue weighted by Crippen LogP contribution is -2.31. The lowest BCUT2D eigenvalue weighted by Gasteiger charge is -2.31. The van der Waals surface area contributed by atoms with Gasteiger partial charge in [-0.25, -0.2) is 0 Å². The molecule has 0 spiro atoms. The summed E-state index contributed by atoms with van der Waals surface area (Å²) in [5.41, 5.74) is 2.79. The second-order valence-corrected chi connectivity index (χ2v) is 4.60. The lowest BCUT2D eigenvalue weighted by molar-refractivity contribution is 0.0401. The largest absolute Gasteiger partial charge is 0.381 e. The number of rotatable bonds is 3. The van der Waals surface area contributed by atoms with Crippen molar-refractivity contribution in [3.63, 3.8) is 0 Å². The zero-order valence-electron chi connectivity index (χ0n) is 10.2. The van der Waals surface area contributed by atoms with Crippen LogP contribution in [0.2, 0.25) is 0 Å². The molecule has 1 aliphatic rings. The molecule has 1 N–H and O–H groups in total. The molecule has 2 heteroatoms.